The fraction of sp³-hybridized carbons (Fsp3) is 0.200. The van der Waals surface area contributed by atoms with Crippen molar-refractivity contribution < 1.29 is 4.79 Å². The molecular weight excluding hydrogens is 344 g/mol. The van der Waals surface area contributed by atoms with Crippen molar-refractivity contribution in [2.75, 3.05) is 4.90 Å². The Balaban J connectivity index is 1.84. The van der Waals surface area contributed by atoms with Crippen LogP contribution in [0.2, 0.25) is 0 Å². The Morgan fingerprint density at radius 2 is 1.64 bits per heavy atom. The highest BCUT2D eigenvalue weighted by atomic mass is 16.2. The molecule has 0 N–H and O–H groups in total. The molecular formula is C25H24N2O. The molecule has 1 unspecified atom stereocenters. The van der Waals surface area contributed by atoms with Crippen molar-refractivity contribution in [2.45, 2.75) is 33.4 Å². The van der Waals surface area contributed by atoms with Gasteiger partial charge in [0.1, 0.15) is 6.04 Å². The molecule has 1 heterocycles. The van der Waals surface area contributed by atoms with Gasteiger partial charge in [0.2, 0.25) is 0 Å². The smallest absolute Gasteiger partial charge is 0.251 e. The molecule has 1 aliphatic heterocycles. The molecule has 0 saturated heterocycles. The number of hydrogen-bond donors (Lipinski definition) is 0. The molecule has 4 rings (SSSR count). The molecule has 1 amide bonds. The van der Waals surface area contributed by atoms with Gasteiger partial charge in [0, 0.05) is 11.1 Å². The van der Waals surface area contributed by atoms with Gasteiger partial charge >= 0.3 is 0 Å². The summed E-state index contributed by atoms with van der Waals surface area (Å²) in [6.45, 7) is 6.61. The molecule has 3 heteroatoms. The van der Waals surface area contributed by atoms with Gasteiger partial charge in [-0.2, -0.15) is 0 Å². The summed E-state index contributed by atoms with van der Waals surface area (Å²) in [5.74, 6) is 0.0271. The van der Waals surface area contributed by atoms with Crippen LogP contribution in [0.4, 0.5) is 5.69 Å². The minimum Gasteiger partial charge on any atom is -0.305 e. The number of carbonyl (C=O) groups is 1. The van der Waals surface area contributed by atoms with E-state index in [2.05, 4.69) is 38.1 Å². The van der Waals surface area contributed by atoms with Crippen LogP contribution in [0.1, 0.15) is 34.7 Å². The number of carbonyl (C=O) groups excluding carboxylic acids is 1. The van der Waals surface area contributed by atoms with E-state index in [-0.39, 0.29) is 5.91 Å². The second-order valence-electron chi connectivity index (χ2n) is 7.39. The van der Waals surface area contributed by atoms with Gasteiger partial charge in [0.25, 0.3) is 5.91 Å². The highest BCUT2D eigenvalue weighted by Gasteiger charge is 2.29. The molecule has 0 bridgehead atoms. The molecule has 0 spiro atoms. The Bertz CT molecular complexity index is 1050. The van der Waals surface area contributed by atoms with E-state index < -0.39 is 6.04 Å². The molecule has 0 aromatic heterocycles. The van der Waals surface area contributed by atoms with Gasteiger partial charge < -0.3 is 4.90 Å². The minimum atomic E-state index is -0.437. The molecule has 3 aromatic rings. The number of rotatable bonds is 3. The Morgan fingerprint density at radius 3 is 2.43 bits per heavy atom. The molecule has 1 aliphatic rings. The second-order valence-corrected chi connectivity index (χ2v) is 7.39. The lowest BCUT2D eigenvalue weighted by Gasteiger charge is -2.25. The summed E-state index contributed by atoms with van der Waals surface area (Å²) >= 11 is 0. The number of benzene rings is 3. The lowest BCUT2D eigenvalue weighted by atomic mass is 9.99. The zero-order valence-corrected chi connectivity index (χ0v) is 16.5. The standard InChI is InChI=1S/C25H24N2O/c1-17-13-14-18(2)21(15-17)16-27-23-12-8-7-11-22(23)24(26-19(3)25(27)28)20-9-5-4-6-10-20/h4-15,19H,16H2,1-3H3. The van der Waals surface area contributed by atoms with Gasteiger partial charge in [-0.3, -0.25) is 9.79 Å². The molecule has 0 saturated carbocycles. The van der Waals surface area contributed by atoms with Gasteiger partial charge in [0.05, 0.1) is 17.9 Å². The van der Waals surface area contributed by atoms with E-state index in [9.17, 15) is 4.79 Å². The first-order valence-electron chi connectivity index (χ1n) is 9.65. The van der Waals surface area contributed by atoms with Crippen molar-refractivity contribution in [2.24, 2.45) is 4.99 Å². The Kier molecular flexibility index (Phi) is 4.82. The number of anilines is 1. The van der Waals surface area contributed by atoms with Crippen molar-refractivity contribution in [3.8, 4) is 0 Å². The number of para-hydroxylation sites is 1. The second kappa shape index (κ2) is 7.43. The minimum absolute atomic E-state index is 0.0271. The van der Waals surface area contributed by atoms with E-state index >= 15 is 0 Å². The third kappa shape index (κ3) is 3.36. The number of hydrogen-bond acceptors (Lipinski definition) is 2. The van der Waals surface area contributed by atoms with E-state index in [1.165, 1.54) is 16.7 Å². The van der Waals surface area contributed by atoms with Crippen LogP contribution in [0.3, 0.4) is 0 Å². The third-order valence-corrected chi connectivity index (χ3v) is 5.28. The van der Waals surface area contributed by atoms with Crippen molar-refractivity contribution in [3.05, 3.63) is 101 Å². The van der Waals surface area contributed by atoms with Crippen LogP contribution < -0.4 is 4.90 Å². The highest BCUT2D eigenvalue weighted by molar-refractivity contribution is 6.20. The zero-order valence-electron chi connectivity index (χ0n) is 16.5. The number of aryl methyl sites for hydroxylation is 2. The van der Waals surface area contributed by atoms with E-state index in [1.54, 1.807) is 0 Å². The Labute approximate surface area is 166 Å². The maximum absolute atomic E-state index is 13.3. The normalized spacial score (nSPS) is 16.4. The summed E-state index contributed by atoms with van der Waals surface area (Å²) in [6, 6.07) is 24.1. The Hall–Kier alpha value is -3.20. The van der Waals surface area contributed by atoms with Crippen LogP contribution in [-0.2, 0) is 11.3 Å². The molecule has 0 aliphatic carbocycles. The SMILES string of the molecule is Cc1ccc(C)c(CN2C(=O)C(C)N=C(c3ccccc3)c3ccccc32)c1. The average molecular weight is 368 g/mol. The average Bonchev–Trinajstić information content (AvgIpc) is 2.82. The topological polar surface area (TPSA) is 32.7 Å². The zero-order chi connectivity index (χ0) is 19.7. The van der Waals surface area contributed by atoms with Crippen LogP contribution in [0.15, 0.2) is 77.8 Å². The maximum Gasteiger partial charge on any atom is 0.251 e. The predicted octanol–water partition coefficient (Wildman–Crippen LogP) is 5.08. The van der Waals surface area contributed by atoms with Gasteiger partial charge in [-0.05, 0) is 38.0 Å². The fourth-order valence-electron chi connectivity index (χ4n) is 3.70. The monoisotopic (exact) mass is 368 g/mol. The molecule has 3 aromatic carbocycles. The summed E-state index contributed by atoms with van der Waals surface area (Å²) in [6.07, 6.45) is 0. The first-order chi connectivity index (χ1) is 13.5. The number of fused-ring (bicyclic) bond motifs is 1. The fourth-order valence-corrected chi connectivity index (χ4v) is 3.70. The number of amides is 1. The number of aliphatic imine (C=N–C) groups is 1. The molecule has 1 atom stereocenters. The number of nitrogens with zero attached hydrogens (tertiary/aromatic N) is 2. The highest BCUT2D eigenvalue weighted by Crippen LogP contribution is 2.30. The molecule has 3 nitrogen and oxygen atoms in total. The van der Waals surface area contributed by atoms with Crippen LogP contribution in [-0.4, -0.2) is 17.7 Å². The van der Waals surface area contributed by atoms with Crippen LogP contribution >= 0.6 is 0 Å². The van der Waals surface area contributed by atoms with E-state index in [0.717, 1.165) is 22.5 Å². The maximum atomic E-state index is 13.3. The van der Waals surface area contributed by atoms with Gasteiger partial charge in [-0.25, -0.2) is 0 Å². The molecule has 140 valence electrons. The third-order valence-electron chi connectivity index (χ3n) is 5.28. The summed E-state index contributed by atoms with van der Waals surface area (Å²) < 4.78 is 0. The summed E-state index contributed by atoms with van der Waals surface area (Å²) in [7, 11) is 0. The van der Waals surface area contributed by atoms with E-state index in [4.69, 9.17) is 4.99 Å². The molecule has 0 radical (unpaired) electrons. The number of benzodiazepines with no additional fused rings is 1. The van der Waals surface area contributed by atoms with Crippen molar-refractivity contribution >= 4 is 17.3 Å². The molecule has 28 heavy (non-hydrogen) atoms. The van der Waals surface area contributed by atoms with Crippen molar-refractivity contribution in [1.82, 2.24) is 0 Å². The van der Waals surface area contributed by atoms with Crippen LogP contribution in [0, 0.1) is 13.8 Å². The van der Waals surface area contributed by atoms with E-state index in [1.807, 2.05) is 60.4 Å². The van der Waals surface area contributed by atoms with Crippen molar-refractivity contribution in [1.29, 1.82) is 0 Å². The van der Waals surface area contributed by atoms with Crippen molar-refractivity contribution in [3.63, 3.8) is 0 Å². The lowest BCUT2D eigenvalue weighted by Crippen LogP contribution is -2.36. The lowest BCUT2D eigenvalue weighted by molar-refractivity contribution is -0.119. The summed E-state index contributed by atoms with van der Waals surface area (Å²) in [5.41, 5.74) is 7.38. The quantitative estimate of drug-likeness (QED) is 0.635. The van der Waals surface area contributed by atoms with E-state index in [0.29, 0.717) is 6.54 Å². The Morgan fingerprint density at radius 1 is 0.929 bits per heavy atom. The first kappa shape index (κ1) is 18.2. The van der Waals surface area contributed by atoms with Gasteiger partial charge in [0.15, 0.2) is 0 Å². The van der Waals surface area contributed by atoms with Gasteiger partial charge in [-0.1, -0.05) is 72.3 Å². The first-order valence-corrected chi connectivity index (χ1v) is 9.65. The largest absolute Gasteiger partial charge is 0.305 e. The van der Waals surface area contributed by atoms with Gasteiger partial charge in [-0.15, -0.1) is 0 Å². The van der Waals surface area contributed by atoms with Crippen LogP contribution in [0.5, 0.6) is 0 Å². The van der Waals surface area contributed by atoms with Crippen LogP contribution in [0.25, 0.3) is 0 Å². The molecule has 0 fully saturated rings. The summed E-state index contributed by atoms with van der Waals surface area (Å²) in [4.78, 5) is 20.0. The summed E-state index contributed by atoms with van der Waals surface area (Å²) in [5, 5.41) is 0. The predicted molar refractivity (Wildman–Crippen MR) is 115 cm³/mol.